The Hall–Kier alpha value is -4.30. The summed E-state index contributed by atoms with van der Waals surface area (Å²) in [6.07, 6.45) is 3.27. The topological polar surface area (TPSA) is 81.6 Å². The molecule has 7 nitrogen and oxygen atoms in total. The quantitative estimate of drug-likeness (QED) is 0.181. The molecule has 0 atom stereocenters. The predicted octanol–water partition coefficient (Wildman–Crippen LogP) is 7.50. The first-order valence-electron chi connectivity index (χ1n) is 14.0. The van der Waals surface area contributed by atoms with E-state index in [2.05, 4.69) is 74.1 Å². The molecular weight excluding hydrogens is 594 g/mol. The number of anilines is 1. The third-order valence-electron chi connectivity index (χ3n) is 7.21. The van der Waals surface area contributed by atoms with E-state index in [1.165, 1.54) is 11.1 Å². The lowest BCUT2D eigenvalue weighted by Crippen LogP contribution is -2.45. The zero-order valence-electron chi connectivity index (χ0n) is 23.8. The number of halogens is 1. The van der Waals surface area contributed by atoms with Gasteiger partial charge >= 0.3 is 11.9 Å². The summed E-state index contributed by atoms with van der Waals surface area (Å²) >= 11 is 3.37. The van der Waals surface area contributed by atoms with E-state index in [4.69, 9.17) is 9.47 Å². The monoisotopic (exact) mass is 625 g/mol. The SMILES string of the molecule is CCOC(=O)c1ccnc2ccc(Br)cc12.CCOC(=O)c1ccnc2ccc(N3CC(c4ccc(C)cc4)C3)cc12. The van der Waals surface area contributed by atoms with Gasteiger partial charge in [-0.15, -0.1) is 0 Å². The number of fused-ring (bicyclic) bond motifs is 2. The number of hydrogen-bond acceptors (Lipinski definition) is 7. The van der Waals surface area contributed by atoms with Crippen LogP contribution in [0.25, 0.3) is 21.8 Å². The van der Waals surface area contributed by atoms with E-state index in [0.29, 0.717) is 30.3 Å². The van der Waals surface area contributed by atoms with E-state index in [1.807, 2.05) is 31.2 Å². The van der Waals surface area contributed by atoms with Gasteiger partial charge in [0.1, 0.15) is 0 Å². The fraction of sp³-hybridized carbons (Fsp3) is 0.235. The number of rotatable bonds is 6. The van der Waals surface area contributed by atoms with Crippen LogP contribution in [0.4, 0.5) is 5.69 Å². The first-order valence-corrected chi connectivity index (χ1v) is 14.8. The molecule has 1 aliphatic rings. The highest BCUT2D eigenvalue weighted by Gasteiger charge is 2.28. The highest BCUT2D eigenvalue weighted by atomic mass is 79.9. The normalized spacial score (nSPS) is 12.8. The second-order valence-corrected chi connectivity index (χ2v) is 10.9. The molecule has 1 fully saturated rings. The fourth-order valence-corrected chi connectivity index (χ4v) is 5.32. The summed E-state index contributed by atoms with van der Waals surface area (Å²) in [4.78, 5) is 34.8. The minimum atomic E-state index is -0.312. The maximum absolute atomic E-state index is 12.2. The average Bonchev–Trinajstić information content (AvgIpc) is 2.97. The van der Waals surface area contributed by atoms with Crippen LogP contribution in [-0.4, -0.2) is 48.2 Å². The highest BCUT2D eigenvalue weighted by Crippen LogP contribution is 2.33. The van der Waals surface area contributed by atoms with Gasteiger partial charge in [0.2, 0.25) is 0 Å². The molecule has 0 saturated carbocycles. The number of carbonyl (C=O) groups is 2. The van der Waals surface area contributed by atoms with Crippen LogP contribution in [0.3, 0.4) is 0 Å². The fourth-order valence-electron chi connectivity index (χ4n) is 4.96. The summed E-state index contributed by atoms with van der Waals surface area (Å²) < 4.78 is 11.1. The molecule has 3 aromatic carbocycles. The molecule has 0 radical (unpaired) electrons. The van der Waals surface area contributed by atoms with Gasteiger partial charge in [0.25, 0.3) is 0 Å². The zero-order valence-corrected chi connectivity index (χ0v) is 25.4. The Kier molecular flexibility index (Phi) is 9.12. The maximum Gasteiger partial charge on any atom is 0.338 e. The second-order valence-electron chi connectivity index (χ2n) is 10.0. The van der Waals surface area contributed by atoms with Crippen LogP contribution in [-0.2, 0) is 9.47 Å². The van der Waals surface area contributed by atoms with Crippen molar-refractivity contribution in [1.29, 1.82) is 0 Å². The Balaban J connectivity index is 0.000000189. The highest BCUT2D eigenvalue weighted by molar-refractivity contribution is 9.10. The Labute approximate surface area is 253 Å². The van der Waals surface area contributed by atoms with Crippen LogP contribution in [0.1, 0.15) is 51.6 Å². The molecule has 0 aliphatic carbocycles. The van der Waals surface area contributed by atoms with E-state index in [9.17, 15) is 9.59 Å². The first kappa shape index (κ1) is 29.2. The first-order chi connectivity index (χ1) is 20.4. The van der Waals surface area contributed by atoms with Crippen LogP contribution in [0.2, 0.25) is 0 Å². The molecule has 6 rings (SSSR count). The lowest BCUT2D eigenvalue weighted by Gasteiger charge is -2.41. The lowest BCUT2D eigenvalue weighted by molar-refractivity contribution is 0.0519. The molecule has 0 N–H and O–H groups in total. The van der Waals surface area contributed by atoms with Gasteiger partial charge < -0.3 is 14.4 Å². The van der Waals surface area contributed by atoms with Crippen molar-refractivity contribution in [2.75, 3.05) is 31.2 Å². The molecular formula is C34H32BrN3O4. The molecule has 1 aliphatic heterocycles. The van der Waals surface area contributed by atoms with Gasteiger partial charge in [0, 0.05) is 52.3 Å². The second kappa shape index (κ2) is 13.1. The number of aromatic nitrogens is 2. The van der Waals surface area contributed by atoms with Crippen molar-refractivity contribution in [2.24, 2.45) is 0 Å². The van der Waals surface area contributed by atoms with Gasteiger partial charge in [0.05, 0.1) is 35.4 Å². The van der Waals surface area contributed by atoms with Crippen molar-refractivity contribution in [3.8, 4) is 0 Å². The number of pyridine rings is 2. The summed E-state index contributed by atoms with van der Waals surface area (Å²) in [5.41, 5.74) is 6.53. The molecule has 1 saturated heterocycles. The minimum Gasteiger partial charge on any atom is -0.462 e. The van der Waals surface area contributed by atoms with Gasteiger partial charge in [0.15, 0.2) is 0 Å². The van der Waals surface area contributed by atoms with Crippen molar-refractivity contribution in [1.82, 2.24) is 9.97 Å². The third kappa shape index (κ3) is 6.44. The standard InChI is InChI=1S/C22H22N2O2.C12H10BrNO2/c1-3-26-22(25)19-10-11-23-21-9-8-18(12-20(19)21)24-13-17(14-24)16-6-4-15(2)5-7-16;1-2-16-12(15)9-5-6-14-11-4-3-8(13)7-10(9)11/h4-12,17H,3,13-14H2,1-2H3;3-7H,2H2,1H3. The third-order valence-corrected chi connectivity index (χ3v) is 7.71. The van der Waals surface area contributed by atoms with Crippen LogP contribution in [0.5, 0.6) is 0 Å². The van der Waals surface area contributed by atoms with Crippen molar-refractivity contribution in [3.63, 3.8) is 0 Å². The molecule has 0 spiro atoms. The van der Waals surface area contributed by atoms with Gasteiger partial charge in [-0.05, 0) is 74.9 Å². The molecule has 8 heteroatoms. The zero-order chi connectivity index (χ0) is 29.6. The minimum absolute atomic E-state index is 0.293. The summed E-state index contributed by atoms with van der Waals surface area (Å²) in [6.45, 7) is 8.44. The summed E-state index contributed by atoms with van der Waals surface area (Å²) in [5, 5.41) is 1.65. The van der Waals surface area contributed by atoms with Crippen molar-refractivity contribution < 1.29 is 19.1 Å². The Morgan fingerprint density at radius 1 is 0.786 bits per heavy atom. The van der Waals surface area contributed by atoms with Gasteiger partial charge in [-0.3, -0.25) is 9.97 Å². The summed E-state index contributed by atoms with van der Waals surface area (Å²) in [7, 11) is 0. The Morgan fingerprint density at radius 3 is 1.90 bits per heavy atom. The number of benzene rings is 3. The molecule has 3 heterocycles. The van der Waals surface area contributed by atoms with Crippen molar-refractivity contribution in [2.45, 2.75) is 26.7 Å². The average molecular weight is 627 g/mol. The maximum atomic E-state index is 12.2. The molecule has 5 aromatic rings. The van der Waals surface area contributed by atoms with E-state index >= 15 is 0 Å². The van der Waals surface area contributed by atoms with Gasteiger partial charge in [-0.1, -0.05) is 45.8 Å². The molecule has 0 amide bonds. The van der Waals surface area contributed by atoms with Crippen LogP contribution in [0.15, 0.2) is 89.7 Å². The lowest BCUT2D eigenvalue weighted by atomic mass is 9.90. The van der Waals surface area contributed by atoms with E-state index in [0.717, 1.165) is 45.1 Å². The number of hydrogen-bond donors (Lipinski definition) is 0. The van der Waals surface area contributed by atoms with Crippen LogP contribution < -0.4 is 4.90 Å². The summed E-state index contributed by atoms with van der Waals surface area (Å²) in [6, 6.07) is 23.9. The van der Waals surface area contributed by atoms with E-state index < -0.39 is 0 Å². The summed E-state index contributed by atoms with van der Waals surface area (Å²) in [5.74, 6) is -0.0455. The van der Waals surface area contributed by atoms with E-state index in [-0.39, 0.29) is 11.9 Å². The Morgan fingerprint density at radius 2 is 1.33 bits per heavy atom. The number of esters is 2. The number of carbonyl (C=O) groups excluding carboxylic acids is 2. The van der Waals surface area contributed by atoms with Gasteiger partial charge in [-0.2, -0.15) is 0 Å². The number of aryl methyl sites for hydroxylation is 1. The van der Waals surface area contributed by atoms with Crippen molar-refractivity contribution >= 4 is 55.4 Å². The smallest absolute Gasteiger partial charge is 0.338 e. The molecule has 0 bridgehead atoms. The largest absolute Gasteiger partial charge is 0.462 e. The van der Waals surface area contributed by atoms with Crippen molar-refractivity contribution in [3.05, 3.63) is 112 Å². The molecule has 0 unspecified atom stereocenters. The van der Waals surface area contributed by atoms with Gasteiger partial charge in [-0.25, -0.2) is 9.59 Å². The molecule has 214 valence electrons. The molecule has 2 aromatic heterocycles. The predicted molar refractivity (Wildman–Crippen MR) is 169 cm³/mol. The number of nitrogens with zero attached hydrogens (tertiary/aromatic N) is 3. The number of ether oxygens (including phenoxy) is 2. The Bertz CT molecular complexity index is 1730. The van der Waals surface area contributed by atoms with Crippen LogP contribution >= 0.6 is 15.9 Å². The van der Waals surface area contributed by atoms with Crippen LogP contribution in [0, 0.1) is 6.92 Å². The van der Waals surface area contributed by atoms with E-state index in [1.54, 1.807) is 31.5 Å². The molecule has 42 heavy (non-hydrogen) atoms.